The first-order chi connectivity index (χ1) is 13.0. The predicted molar refractivity (Wildman–Crippen MR) is 104 cm³/mol. The fourth-order valence-corrected chi connectivity index (χ4v) is 3.78. The number of ether oxygens (including phenoxy) is 3. The van der Waals surface area contributed by atoms with Gasteiger partial charge in [-0.25, -0.2) is 4.79 Å². The molecule has 27 heavy (non-hydrogen) atoms. The zero-order valence-corrected chi connectivity index (χ0v) is 16.4. The summed E-state index contributed by atoms with van der Waals surface area (Å²) in [4.78, 5) is 24.7. The highest BCUT2D eigenvalue weighted by Crippen LogP contribution is 2.36. The number of hydrogen-bond acceptors (Lipinski definition) is 6. The van der Waals surface area contributed by atoms with E-state index < -0.39 is 5.97 Å². The summed E-state index contributed by atoms with van der Waals surface area (Å²) in [5, 5.41) is 4.99. The number of anilines is 1. The lowest BCUT2D eigenvalue weighted by Crippen LogP contribution is -2.22. The molecule has 3 aromatic rings. The molecule has 0 aliphatic rings. The molecule has 0 aliphatic heterocycles. The van der Waals surface area contributed by atoms with E-state index in [0.717, 1.165) is 10.2 Å². The summed E-state index contributed by atoms with van der Waals surface area (Å²) in [7, 11) is 4.28. The summed E-state index contributed by atoms with van der Waals surface area (Å²) in [6.07, 6.45) is 0. The summed E-state index contributed by atoms with van der Waals surface area (Å²) in [6, 6.07) is 6.70. The molecule has 2 aromatic heterocycles. The molecular formula is C18H17ClN2O5S. The van der Waals surface area contributed by atoms with Gasteiger partial charge in [-0.2, -0.15) is 0 Å². The number of halogens is 1. The molecule has 7 nitrogen and oxygen atoms in total. The molecule has 0 radical (unpaired) electrons. The van der Waals surface area contributed by atoms with Crippen LogP contribution in [0.5, 0.6) is 11.5 Å². The van der Waals surface area contributed by atoms with Crippen molar-refractivity contribution in [3.05, 3.63) is 40.4 Å². The highest BCUT2D eigenvalue weighted by Gasteiger charge is 2.20. The zero-order chi connectivity index (χ0) is 19.6. The SMILES string of the molecule is COC(=O)c1cc2sccc2n1CC(=O)Nc1cc(Cl)c(OC)cc1OC. The minimum atomic E-state index is -0.503. The van der Waals surface area contributed by atoms with Gasteiger partial charge < -0.3 is 24.1 Å². The van der Waals surface area contributed by atoms with Crippen LogP contribution in [0, 0.1) is 0 Å². The third kappa shape index (κ3) is 3.72. The number of methoxy groups -OCH3 is 3. The van der Waals surface area contributed by atoms with Crippen LogP contribution in [0.2, 0.25) is 5.02 Å². The number of esters is 1. The Bertz CT molecular complexity index is 1010. The van der Waals surface area contributed by atoms with Crippen LogP contribution in [0.3, 0.4) is 0 Å². The summed E-state index contributed by atoms with van der Waals surface area (Å²) in [6.45, 7) is -0.0720. The van der Waals surface area contributed by atoms with Gasteiger partial charge in [-0.05, 0) is 23.6 Å². The summed E-state index contributed by atoms with van der Waals surface area (Å²) >= 11 is 7.62. The Morgan fingerprint density at radius 2 is 1.89 bits per heavy atom. The summed E-state index contributed by atoms with van der Waals surface area (Å²) < 4.78 is 17.8. The zero-order valence-electron chi connectivity index (χ0n) is 14.9. The van der Waals surface area contributed by atoms with Gasteiger partial charge in [-0.3, -0.25) is 4.79 Å². The van der Waals surface area contributed by atoms with Crippen molar-refractivity contribution in [1.29, 1.82) is 0 Å². The van der Waals surface area contributed by atoms with Crippen LogP contribution in [0.1, 0.15) is 10.5 Å². The van der Waals surface area contributed by atoms with Crippen LogP contribution >= 0.6 is 22.9 Å². The molecule has 0 unspecified atom stereocenters. The van der Waals surface area contributed by atoms with E-state index >= 15 is 0 Å². The van der Waals surface area contributed by atoms with Crippen molar-refractivity contribution in [2.75, 3.05) is 26.6 Å². The van der Waals surface area contributed by atoms with Crippen LogP contribution in [-0.2, 0) is 16.1 Å². The van der Waals surface area contributed by atoms with E-state index in [2.05, 4.69) is 5.32 Å². The number of rotatable bonds is 6. The smallest absolute Gasteiger partial charge is 0.354 e. The van der Waals surface area contributed by atoms with E-state index in [0.29, 0.717) is 27.9 Å². The fourth-order valence-electron chi connectivity index (χ4n) is 2.71. The molecule has 0 saturated heterocycles. The molecule has 1 aromatic carbocycles. The minimum absolute atomic E-state index is 0.0720. The topological polar surface area (TPSA) is 78.8 Å². The van der Waals surface area contributed by atoms with E-state index in [1.807, 2.05) is 11.4 Å². The van der Waals surface area contributed by atoms with Crippen LogP contribution in [-0.4, -0.2) is 37.8 Å². The Labute approximate surface area is 164 Å². The van der Waals surface area contributed by atoms with Crippen molar-refractivity contribution < 1.29 is 23.8 Å². The fraction of sp³-hybridized carbons (Fsp3) is 0.222. The highest BCUT2D eigenvalue weighted by molar-refractivity contribution is 7.17. The normalized spacial score (nSPS) is 10.7. The van der Waals surface area contributed by atoms with Gasteiger partial charge in [0, 0.05) is 6.07 Å². The Balaban J connectivity index is 1.89. The van der Waals surface area contributed by atoms with Gasteiger partial charge in [0.2, 0.25) is 5.91 Å². The number of carbonyl (C=O) groups excluding carboxylic acids is 2. The van der Waals surface area contributed by atoms with Crippen LogP contribution in [0.4, 0.5) is 5.69 Å². The number of carbonyl (C=O) groups is 2. The standard InChI is InChI=1S/C18H17ClN2O5S/c1-24-14-8-15(25-2)11(6-10(14)19)20-17(22)9-21-12-4-5-27-16(12)7-13(21)18(23)26-3/h4-8H,9H2,1-3H3,(H,20,22). The quantitative estimate of drug-likeness (QED) is 0.627. The van der Waals surface area contributed by atoms with Gasteiger partial charge in [0.05, 0.1) is 42.3 Å². The van der Waals surface area contributed by atoms with Crippen LogP contribution < -0.4 is 14.8 Å². The van der Waals surface area contributed by atoms with E-state index in [9.17, 15) is 9.59 Å². The second-order valence-corrected chi connectivity index (χ2v) is 6.87. The Morgan fingerprint density at radius 3 is 2.56 bits per heavy atom. The average Bonchev–Trinajstić information content (AvgIpc) is 3.24. The number of nitrogens with one attached hydrogen (secondary N) is 1. The van der Waals surface area contributed by atoms with E-state index in [4.69, 9.17) is 25.8 Å². The van der Waals surface area contributed by atoms with Gasteiger partial charge in [0.1, 0.15) is 23.7 Å². The van der Waals surface area contributed by atoms with Crippen molar-refractivity contribution in [2.45, 2.75) is 6.54 Å². The maximum atomic E-state index is 12.6. The third-order valence-electron chi connectivity index (χ3n) is 3.97. The second kappa shape index (κ2) is 7.89. The van der Waals surface area contributed by atoms with Crippen molar-refractivity contribution in [2.24, 2.45) is 0 Å². The minimum Gasteiger partial charge on any atom is -0.495 e. The van der Waals surface area contributed by atoms with Gasteiger partial charge in [0.15, 0.2) is 0 Å². The predicted octanol–water partition coefficient (Wildman–Crippen LogP) is 3.80. The van der Waals surface area contributed by atoms with Crippen molar-refractivity contribution in [1.82, 2.24) is 4.57 Å². The molecule has 9 heteroatoms. The molecule has 1 amide bonds. The number of fused-ring (bicyclic) bond motifs is 1. The number of thiophene rings is 1. The molecule has 0 aliphatic carbocycles. The molecule has 142 valence electrons. The monoisotopic (exact) mass is 408 g/mol. The van der Waals surface area contributed by atoms with Gasteiger partial charge in [-0.1, -0.05) is 11.6 Å². The lowest BCUT2D eigenvalue weighted by Gasteiger charge is -2.14. The maximum Gasteiger partial charge on any atom is 0.354 e. The molecule has 3 rings (SSSR count). The van der Waals surface area contributed by atoms with Crippen LogP contribution in [0.15, 0.2) is 29.6 Å². The Kier molecular flexibility index (Phi) is 5.57. The summed E-state index contributed by atoms with van der Waals surface area (Å²) in [5.41, 5.74) is 1.51. The molecule has 0 atom stereocenters. The van der Waals surface area contributed by atoms with Crippen molar-refractivity contribution in [3.8, 4) is 11.5 Å². The molecule has 1 N–H and O–H groups in total. The second-order valence-electron chi connectivity index (χ2n) is 5.51. The first kappa shape index (κ1) is 19.1. The molecule has 0 saturated carbocycles. The maximum absolute atomic E-state index is 12.6. The molecule has 0 bridgehead atoms. The van der Waals surface area contributed by atoms with Crippen molar-refractivity contribution >= 4 is 50.7 Å². The number of aromatic nitrogens is 1. The van der Waals surface area contributed by atoms with Gasteiger partial charge >= 0.3 is 5.97 Å². The number of hydrogen-bond donors (Lipinski definition) is 1. The average molecular weight is 409 g/mol. The summed E-state index contributed by atoms with van der Waals surface area (Å²) in [5.74, 6) is -0.00415. The van der Waals surface area contributed by atoms with E-state index in [1.165, 1.54) is 32.7 Å². The largest absolute Gasteiger partial charge is 0.495 e. The third-order valence-corrected chi connectivity index (χ3v) is 5.12. The van der Waals surface area contributed by atoms with Crippen molar-refractivity contribution in [3.63, 3.8) is 0 Å². The number of benzene rings is 1. The Hall–Kier alpha value is -2.71. The number of amides is 1. The first-order valence-electron chi connectivity index (χ1n) is 7.85. The van der Waals surface area contributed by atoms with E-state index in [-0.39, 0.29) is 12.5 Å². The molecule has 0 spiro atoms. The highest BCUT2D eigenvalue weighted by atomic mass is 35.5. The van der Waals surface area contributed by atoms with Gasteiger partial charge in [0.25, 0.3) is 0 Å². The molecule has 0 fully saturated rings. The Morgan fingerprint density at radius 1 is 1.15 bits per heavy atom. The first-order valence-corrected chi connectivity index (χ1v) is 9.10. The van der Waals surface area contributed by atoms with Gasteiger partial charge in [-0.15, -0.1) is 11.3 Å². The molecular weight excluding hydrogens is 392 g/mol. The lowest BCUT2D eigenvalue weighted by atomic mass is 10.2. The van der Waals surface area contributed by atoms with E-state index in [1.54, 1.807) is 22.8 Å². The molecule has 2 heterocycles. The van der Waals surface area contributed by atoms with Crippen LogP contribution in [0.25, 0.3) is 10.2 Å². The lowest BCUT2D eigenvalue weighted by molar-refractivity contribution is -0.116. The number of nitrogens with zero attached hydrogens (tertiary/aromatic N) is 1.